The van der Waals surface area contributed by atoms with Crippen LogP contribution in [0.5, 0.6) is 0 Å². The Balaban J connectivity index is 1.87. The van der Waals surface area contributed by atoms with E-state index in [4.69, 9.17) is 15.4 Å². The Morgan fingerprint density at radius 3 is 2.67 bits per heavy atom. The molecular formula is C14H18ClNO4S. The van der Waals surface area contributed by atoms with Crippen molar-refractivity contribution in [1.29, 1.82) is 0 Å². The Hall–Kier alpha value is -1.27. The van der Waals surface area contributed by atoms with Crippen LogP contribution in [0.3, 0.4) is 0 Å². The van der Waals surface area contributed by atoms with Crippen LogP contribution >= 0.6 is 10.7 Å². The minimum atomic E-state index is -3.58. The number of rotatable bonds is 4. The van der Waals surface area contributed by atoms with E-state index in [1.807, 2.05) is 37.3 Å². The van der Waals surface area contributed by atoms with E-state index in [0.717, 1.165) is 5.56 Å². The van der Waals surface area contributed by atoms with Gasteiger partial charge in [0.1, 0.15) is 6.61 Å². The summed E-state index contributed by atoms with van der Waals surface area (Å²) >= 11 is 0. The molecule has 0 aromatic heterocycles. The number of ether oxygens (including phenoxy) is 1. The summed E-state index contributed by atoms with van der Waals surface area (Å²) in [5.41, 5.74) is 0.406. The van der Waals surface area contributed by atoms with Gasteiger partial charge in [-0.3, -0.25) is 0 Å². The van der Waals surface area contributed by atoms with Gasteiger partial charge >= 0.3 is 6.09 Å². The second kappa shape index (κ2) is 6.23. The molecule has 1 unspecified atom stereocenters. The van der Waals surface area contributed by atoms with E-state index in [2.05, 4.69) is 0 Å². The molecule has 0 spiro atoms. The Bertz CT molecular complexity index is 605. The van der Waals surface area contributed by atoms with E-state index in [-0.39, 0.29) is 12.4 Å². The highest BCUT2D eigenvalue weighted by atomic mass is 35.7. The van der Waals surface area contributed by atoms with E-state index in [1.165, 1.54) is 4.90 Å². The van der Waals surface area contributed by atoms with Gasteiger partial charge in [-0.05, 0) is 12.0 Å². The number of amides is 1. The molecule has 0 aliphatic carbocycles. The topological polar surface area (TPSA) is 63.7 Å². The summed E-state index contributed by atoms with van der Waals surface area (Å²) in [6.07, 6.45) is 0.175. The van der Waals surface area contributed by atoms with Crippen LogP contribution in [0.2, 0.25) is 0 Å². The van der Waals surface area contributed by atoms with Gasteiger partial charge in [-0.25, -0.2) is 13.2 Å². The number of hydrogen-bond donors (Lipinski definition) is 0. The highest BCUT2D eigenvalue weighted by Crippen LogP contribution is 2.32. The molecule has 0 N–H and O–H groups in total. The van der Waals surface area contributed by atoms with Crippen molar-refractivity contribution in [2.24, 2.45) is 5.41 Å². The fourth-order valence-electron chi connectivity index (χ4n) is 2.52. The third kappa shape index (κ3) is 4.89. The molecule has 1 amide bonds. The Morgan fingerprint density at radius 1 is 1.38 bits per heavy atom. The van der Waals surface area contributed by atoms with Crippen molar-refractivity contribution in [1.82, 2.24) is 4.90 Å². The molecule has 1 aliphatic rings. The molecule has 0 saturated carbocycles. The molecule has 2 rings (SSSR count). The molecule has 7 heteroatoms. The largest absolute Gasteiger partial charge is 0.445 e. The predicted octanol–water partition coefficient (Wildman–Crippen LogP) is 2.60. The van der Waals surface area contributed by atoms with Gasteiger partial charge < -0.3 is 9.64 Å². The number of benzene rings is 1. The number of likely N-dealkylation sites (tertiary alicyclic amines) is 1. The average Bonchev–Trinajstić information content (AvgIpc) is 2.77. The van der Waals surface area contributed by atoms with Crippen molar-refractivity contribution >= 4 is 25.8 Å². The molecule has 1 aliphatic heterocycles. The van der Waals surface area contributed by atoms with Gasteiger partial charge in [-0.2, -0.15) is 0 Å². The zero-order chi connectivity index (χ0) is 15.5. The van der Waals surface area contributed by atoms with Crippen LogP contribution in [0.15, 0.2) is 30.3 Å². The van der Waals surface area contributed by atoms with Gasteiger partial charge in [0.2, 0.25) is 9.05 Å². The molecule has 1 fully saturated rings. The number of carbonyl (C=O) groups is 1. The van der Waals surface area contributed by atoms with Gasteiger partial charge in [0.25, 0.3) is 0 Å². The van der Waals surface area contributed by atoms with Crippen molar-refractivity contribution in [2.45, 2.75) is 20.0 Å². The Kier molecular flexibility index (Phi) is 4.78. The van der Waals surface area contributed by atoms with Crippen LogP contribution in [-0.2, 0) is 20.4 Å². The number of nitrogens with zero attached hydrogens (tertiary/aromatic N) is 1. The quantitative estimate of drug-likeness (QED) is 0.795. The first-order valence-corrected chi connectivity index (χ1v) is 9.13. The van der Waals surface area contributed by atoms with Gasteiger partial charge in [-0.15, -0.1) is 0 Å². The van der Waals surface area contributed by atoms with Crippen LogP contribution in [0.4, 0.5) is 4.79 Å². The first kappa shape index (κ1) is 16.1. The lowest BCUT2D eigenvalue weighted by molar-refractivity contribution is 0.101. The SMILES string of the molecule is CC1(CS(=O)(=O)Cl)CCN(C(=O)OCc2ccccc2)C1. The predicted molar refractivity (Wildman–Crippen MR) is 80.6 cm³/mol. The highest BCUT2D eigenvalue weighted by molar-refractivity contribution is 8.13. The van der Waals surface area contributed by atoms with E-state index in [0.29, 0.717) is 19.5 Å². The van der Waals surface area contributed by atoms with Gasteiger partial charge in [-0.1, -0.05) is 37.3 Å². The Labute approximate surface area is 129 Å². The molecule has 1 aromatic rings. The normalized spacial score (nSPS) is 22.3. The third-order valence-corrected chi connectivity index (χ3v) is 4.91. The monoisotopic (exact) mass is 331 g/mol. The van der Waals surface area contributed by atoms with Crippen LogP contribution < -0.4 is 0 Å². The molecule has 116 valence electrons. The van der Waals surface area contributed by atoms with E-state index < -0.39 is 20.6 Å². The first-order chi connectivity index (χ1) is 9.77. The molecule has 5 nitrogen and oxygen atoms in total. The number of carbonyl (C=O) groups excluding carboxylic acids is 1. The second-order valence-corrected chi connectivity index (χ2v) is 8.48. The molecule has 0 radical (unpaired) electrons. The van der Waals surface area contributed by atoms with Gasteiger partial charge in [0.15, 0.2) is 0 Å². The van der Waals surface area contributed by atoms with Crippen LogP contribution in [0.1, 0.15) is 18.9 Å². The lowest BCUT2D eigenvalue weighted by atomic mass is 9.93. The summed E-state index contributed by atoms with van der Waals surface area (Å²) in [7, 11) is 1.73. The van der Waals surface area contributed by atoms with Crippen molar-refractivity contribution in [3.63, 3.8) is 0 Å². The minimum absolute atomic E-state index is 0.135. The third-order valence-electron chi connectivity index (χ3n) is 3.54. The number of halogens is 1. The maximum absolute atomic E-state index is 12.0. The van der Waals surface area contributed by atoms with E-state index in [1.54, 1.807) is 0 Å². The van der Waals surface area contributed by atoms with Crippen molar-refractivity contribution < 1.29 is 17.9 Å². The van der Waals surface area contributed by atoms with Crippen LogP contribution in [0.25, 0.3) is 0 Å². The molecule has 1 saturated heterocycles. The summed E-state index contributed by atoms with van der Waals surface area (Å²) < 4.78 is 27.7. The molecule has 1 atom stereocenters. The van der Waals surface area contributed by atoms with Crippen molar-refractivity contribution in [3.05, 3.63) is 35.9 Å². The van der Waals surface area contributed by atoms with Crippen LogP contribution in [-0.4, -0.2) is 38.3 Å². The zero-order valence-electron chi connectivity index (χ0n) is 11.8. The summed E-state index contributed by atoms with van der Waals surface area (Å²) in [4.78, 5) is 13.5. The lowest BCUT2D eigenvalue weighted by Gasteiger charge is -2.22. The van der Waals surface area contributed by atoms with Gasteiger partial charge in [0, 0.05) is 29.2 Å². The van der Waals surface area contributed by atoms with Crippen LogP contribution in [0, 0.1) is 5.41 Å². The fraction of sp³-hybridized carbons (Fsp3) is 0.500. The standard InChI is InChI=1S/C14H18ClNO4S/c1-14(11-21(15,18)19)7-8-16(10-14)13(17)20-9-12-5-3-2-4-6-12/h2-6H,7-11H2,1H3. The fourth-order valence-corrected chi connectivity index (χ4v) is 4.38. The van der Waals surface area contributed by atoms with E-state index >= 15 is 0 Å². The molecule has 0 bridgehead atoms. The zero-order valence-corrected chi connectivity index (χ0v) is 13.4. The minimum Gasteiger partial charge on any atom is -0.445 e. The first-order valence-electron chi connectivity index (χ1n) is 6.65. The molecule has 21 heavy (non-hydrogen) atoms. The molecule has 1 aromatic carbocycles. The lowest BCUT2D eigenvalue weighted by Crippen LogP contribution is -2.33. The second-order valence-electron chi connectivity index (χ2n) is 5.71. The molecular weight excluding hydrogens is 314 g/mol. The summed E-state index contributed by atoms with van der Waals surface area (Å²) in [6.45, 7) is 2.85. The summed E-state index contributed by atoms with van der Waals surface area (Å²) in [5, 5.41) is 0. The smallest absolute Gasteiger partial charge is 0.410 e. The van der Waals surface area contributed by atoms with Crippen molar-refractivity contribution in [2.75, 3.05) is 18.8 Å². The summed E-state index contributed by atoms with van der Waals surface area (Å²) in [5.74, 6) is -0.135. The summed E-state index contributed by atoms with van der Waals surface area (Å²) in [6, 6.07) is 9.40. The molecule has 1 heterocycles. The maximum atomic E-state index is 12.0. The van der Waals surface area contributed by atoms with E-state index in [9.17, 15) is 13.2 Å². The Morgan fingerprint density at radius 2 is 2.05 bits per heavy atom. The van der Waals surface area contributed by atoms with Crippen molar-refractivity contribution in [3.8, 4) is 0 Å². The average molecular weight is 332 g/mol. The maximum Gasteiger partial charge on any atom is 0.410 e. The van der Waals surface area contributed by atoms with Gasteiger partial charge in [0.05, 0.1) is 5.75 Å². The number of hydrogen-bond acceptors (Lipinski definition) is 4. The highest BCUT2D eigenvalue weighted by Gasteiger charge is 2.39.